The van der Waals surface area contributed by atoms with Gasteiger partial charge in [-0.2, -0.15) is 0 Å². The van der Waals surface area contributed by atoms with Crippen molar-refractivity contribution in [3.05, 3.63) is 30.1 Å². The standard InChI is InChI=1S/C16H18FN3O4/c1-2-12-15(22)20-8-10(7-13(20)14(21)19-12)18-16(23)24-11-5-3-9(17)4-6-11/h3-6,10,12-13H,2,7-8H2,1H3,(H,18,23)(H,19,21)/t10-,12-,13-/m0/s1. The number of halogens is 1. The minimum Gasteiger partial charge on any atom is -0.410 e. The summed E-state index contributed by atoms with van der Waals surface area (Å²) in [5.41, 5.74) is 0. The van der Waals surface area contributed by atoms with Crippen LogP contribution in [0.3, 0.4) is 0 Å². The third kappa shape index (κ3) is 3.17. The van der Waals surface area contributed by atoms with Crippen LogP contribution in [0.15, 0.2) is 24.3 Å². The van der Waals surface area contributed by atoms with Crippen LogP contribution in [0.4, 0.5) is 9.18 Å². The SMILES string of the molecule is CC[C@@H]1NC(=O)[C@@H]2C[C@H](NC(=O)Oc3ccc(F)cc3)CN2C1=O. The molecule has 24 heavy (non-hydrogen) atoms. The first-order valence-electron chi connectivity index (χ1n) is 7.82. The summed E-state index contributed by atoms with van der Waals surface area (Å²) in [6, 6.07) is 3.63. The van der Waals surface area contributed by atoms with Crippen molar-refractivity contribution in [2.75, 3.05) is 6.54 Å². The van der Waals surface area contributed by atoms with E-state index in [0.717, 1.165) is 0 Å². The van der Waals surface area contributed by atoms with Crippen LogP contribution in [-0.4, -0.2) is 47.5 Å². The van der Waals surface area contributed by atoms with Crippen LogP contribution in [0.2, 0.25) is 0 Å². The van der Waals surface area contributed by atoms with E-state index in [0.29, 0.717) is 12.8 Å². The fraction of sp³-hybridized carbons (Fsp3) is 0.438. The van der Waals surface area contributed by atoms with Crippen LogP contribution in [-0.2, 0) is 9.59 Å². The lowest BCUT2D eigenvalue weighted by atomic mass is 10.1. The number of carbonyl (C=O) groups excluding carboxylic acids is 3. The van der Waals surface area contributed by atoms with Crippen molar-refractivity contribution in [3.63, 3.8) is 0 Å². The Morgan fingerprint density at radius 1 is 1.38 bits per heavy atom. The van der Waals surface area contributed by atoms with E-state index in [4.69, 9.17) is 4.74 Å². The van der Waals surface area contributed by atoms with E-state index < -0.39 is 24.0 Å². The van der Waals surface area contributed by atoms with E-state index in [9.17, 15) is 18.8 Å². The lowest BCUT2D eigenvalue weighted by Crippen LogP contribution is -2.60. The molecule has 0 unspecified atom stereocenters. The predicted molar refractivity (Wildman–Crippen MR) is 81.7 cm³/mol. The number of piperazine rings is 1. The minimum atomic E-state index is -0.702. The molecule has 3 atom stereocenters. The van der Waals surface area contributed by atoms with Gasteiger partial charge in [0.1, 0.15) is 23.7 Å². The summed E-state index contributed by atoms with van der Waals surface area (Å²) in [6.07, 6.45) is 0.164. The lowest BCUT2D eigenvalue weighted by molar-refractivity contribution is -0.147. The monoisotopic (exact) mass is 335 g/mol. The average molecular weight is 335 g/mol. The number of ether oxygens (including phenoxy) is 1. The number of nitrogens with one attached hydrogen (secondary N) is 2. The largest absolute Gasteiger partial charge is 0.412 e. The van der Waals surface area contributed by atoms with Gasteiger partial charge in [0, 0.05) is 6.54 Å². The van der Waals surface area contributed by atoms with Gasteiger partial charge in [-0.25, -0.2) is 9.18 Å². The van der Waals surface area contributed by atoms with Gasteiger partial charge in [0.05, 0.1) is 6.04 Å². The first-order chi connectivity index (χ1) is 11.5. The second kappa shape index (κ2) is 6.46. The Bertz CT molecular complexity index is 664. The molecular weight excluding hydrogens is 317 g/mol. The molecule has 128 valence electrons. The molecule has 1 aromatic rings. The molecule has 0 spiro atoms. The highest BCUT2D eigenvalue weighted by atomic mass is 19.1. The summed E-state index contributed by atoms with van der Waals surface area (Å²) in [6.45, 7) is 2.10. The van der Waals surface area contributed by atoms with Crippen LogP contribution in [0.5, 0.6) is 5.75 Å². The van der Waals surface area contributed by atoms with Gasteiger partial charge in [-0.05, 0) is 37.1 Å². The Morgan fingerprint density at radius 2 is 2.08 bits per heavy atom. The molecule has 3 amide bonds. The molecule has 0 aliphatic carbocycles. The molecule has 3 rings (SSSR count). The Hall–Kier alpha value is -2.64. The summed E-state index contributed by atoms with van der Waals surface area (Å²) in [4.78, 5) is 37.8. The van der Waals surface area contributed by atoms with Crippen molar-refractivity contribution >= 4 is 17.9 Å². The maximum Gasteiger partial charge on any atom is 0.412 e. The highest BCUT2D eigenvalue weighted by molar-refractivity contribution is 5.97. The van der Waals surface area contributed by atoms with Gasteiger partial charge in [-0.15, -0.1) is 0 Å². The maximum absolute atomic E-state index is 12.8. The number of amides is 3. The summed E-state index contributed by atoms with van der Waals surface area (Å²) in [5.74, 6) is -0.536. The number of nitrogens with zero attached hydrogens (tertiary/aromatic N) is 1. The van der Waals surface area contributed by atoms with Crippen LogP contribution >= 0.6 is 0 Å². The number of rotatable bonds is 3. The first-order valence-corrected chi connectivity index (χ1v) is 7.82. The molecule has 0 radical (unpaired) electrons. The Balaban J connectivity index is 1.59. The Kier molecular flexibility index (Phi) is 4.37. The third-order valence-electron chi connectivity index (χ3n) is 4.26. The second-order valence-corrected chi connectivity index (χ2v) is 5.90. The van der Waals surface area contributed by atoms with Crippen molar-refractivity contribution in [1.82, 2.24) is 15.5 Å². The van der Waals surface area contributed by atoms with Gasteiger partial charge in [0.25, 0.3) is 0 Å². The average Bonchev–Trinajstić information content (AvgIpc) is 2.97. The van der Waals surface area contributed by atoms with Crippen LogP contribution < -0.4 is 15.4 Å². The van der Waals surface area contributed by atoms with Crippen LogP contribution in [0.25, 0.3) is 0 Å². The van der Waals surface area contributed by atoms with Crippen molar-refractivity contribution < 1.29 is 23.5 Å². The number of benzene rings is 1. The molecule has 8 heteroatoms. The van der Waals surface area contributed by atoms with E-state index >= 15 is 0 Å². The van der Waals surface area contributed by atoms with Crippen molar-refractivity contribution in [1.29, 1.82) is 0 Å². The second-order valence-electron chi connectivity index (χ2n) is 5.90. The number of hydrogen-bond donors (Lipinski definition) is 2. The van der Waals surface area contributed by atoms with Gasteiger partial charge >= 0.3 is 6.09 Å². The van der Waals surface area contributed by atoms with Gasteiger partial charge < -0.3 is 20.3 Å². The molecule has 2 aliphatic heterocycles. The van der Waals surface area contributed by atoms with Crippen LogP contribution in [0, 0.1) is 5.82 Å². The highest BCUT2D eigenvalue weighted by Crippen LogP contribution is 2.23. The van der Waals surface area contributed by atoms with Gasteiger partial charge in [-0.1, -0.05) is 6.92 Å². The fourth-order valence-corrected chi connectivity index (χ4v) is 3.04. The van der Waals surface area contributed by atoms with Gasteiger partial charge in [-0.3, -0.25) is 9.59 Å². The molecule has 2 N–H and O–H groups in total. The highest BCUT2D eigenvalue weighted by Gasteiger charge is 2.46. The summed E-state index contributed by atoms with van der Waals surface area (Å²) < 4.78 is 17.9. The quantitative estimate of drug-likeness (QED) is 0.855. The van der Waals surface area contributed by atoms with Gasteiger partial charge in [0.15, 0.2) is 0 Å². The fourth-order valence-electron chi connectivity index (χ4n) is 3.04. The maximum atomic E-state index is 12.8. The van der Waals surface area contributed by atoms with Crippen LogP contribution in [0.1, 0.15) is 19.8 Å². The molecule has 2 heterocycles. The number of fused-ring (bicyclic) bond motifs is 1. The van der Waals surface area contributed by atoms with Crippen molar-refractivity contribution in [2.45, 2.75) is 37.9 Å². The normalized spacial score (nSPS) is 25.9. The zero-order valence-electron chi connectivity index (χ0n) is 13.1. The number of carbonyl (C=O) groups is 3. The van der Waals surface area contributed by atoms with E-state index in [-0.39, 0.29) is 30.2 Å². The van der Waals surface area contributed by atoms with E-state index in [1.54, 1.807) is 0 Å². The first kappa shape index (κ1) is 16.2. The summed E-state index contributed by atoms with van der Waals surface area (Å²) in [5, 5.41) is 5.34. The Labute approximate surface area is 138 Å². The molecule has 2 fully saturated rings. The zero-order valence-corrected chi connectivity index (χ0v) is 13.1. The lowest BCUT2D eigenvalue weighted by Gasteiger charge is -2.33. The minimum absolute atomic E-state index is 0.127. The van der Waals surface area contributed by atoms with Gasteiger partial charge in [0.2, 0.25) is 11.8 Å². The molecule has 7 nitrogen and oxygen atoms in total. The Morgan fingerprint density at radius 3 is 2.75 bits per heavy atom. The van der Waals surface area contributed by atoms with Crippen molar-refractivity contribution in [2.24, 2.45) is 0 Å². The van der Waals surface area contributed by atoms with E-state index in [2.05, 4.69) is 10.6 Å². The molecule has 2 aliphatic rings. The smallest absolute Gasteiger partial charge is 0.410 e. The third-order valence-corrected chi connectivity index (χ3v) is 4.26. The molecular formula is C16H18FN3O4. The molecule has 2 saturated heterocycles. The zero-order chi connectivity index (χ0) is 17.3. The summed E-state index contributed by atoms with van der Waals surface area (Å²) in [7, 11) is 0. The molecule has 1 aromatic carbocycles. The summed E-state index contributed by atoms with van der Waals surface area (Å²) >= 11 is 0. The van der Waals surface area contributed by atoms with E-state index in [1.165, 1.54) is 29.2 Å². The predicted octanol–water partition coefficient (Wildman–Crippen LogP) is 0.792. The molecule has 0 bridgehead atoms. The van der Waals surface area contributed by atoms with Crippen molar-refractivity contribution in [3.8, 4) is 5.75 Å². The number of hydrogen-bond acceptors (Lipinski definition) is 4. The van der Waals surface area contributed by atoms with E-state index in [1.807, 2.05) is 6.92 Å². The molecule has 0 saturated carbocycles. The topological polar surface area (TPSA) is 87.7 Å². The molecule has 0 aromatic heterocycles.